The highest BCUT2D eigenvalue weighted by atomic mass is 16.3. The summed E-state index contributed by atoms with van der Waals surface area (Å²) in [5, 5.41) is 9.90. The normalized spacial score (nSPS) is 14.6. The number of hydrogen-bond donors (Lipinski definition) is 1. The average molecular weight is 176 g/mol. The Labute approximate surface area is 77.9 Å². The van der Waals surface area contributed by atoms with Gasteiger partial charge in [0.05, 0.1) is 5.69 Å². The van der Waals surface area contributed by atoms with Crippen molar-refractivity contribution in [1.82, 2.24) is 9.97 Å². The van der Waals surface area contributed by atoms with Crippen molar-refractivity contribution in [2.45, 2.75) is 25.9 Å². The lowest BCUT2D eigenvalue weighted by Gasteiger charge is -2.19. The Kier molecular flexibility index (Phi) is 2.64. The number of aryl methyl sites for hydroxylation is 1. The first-order valence-corrected chi connectivity index (χ1v) is 4.11. The van der Waals surface area contributed by atoms with Crippen LogP contribution in [-0.4, -0.2) is 15.1 Å². The fourth-order valence-electron chi connectivity index (χ4n) is 1.04. The Morgan fingerprint density at radius 2 is 2.31 bits per heavy atom. The van der Waals surface area contributed by atoms with Gasteiger partial charge >= 0.3 is 0 Å². The largest absolute Gasteiger partial charge is 0.372 e. The van der Waals surface area contributed by atoms with Crippen molar-refractivity contribution in [3.8, 4) is 12.3 Å². The van der Waals surface area contributed by atoms with Crippen molar-refractivity contribution in [3.63, 3.8) is 0 Å². The number of hydrogen-bond acceptors (Lipinski definition) is 3. The molecule has 0 spiro atoms. The molecule has 3 nitrogen and oxygen atoms in total. The van der Waals surface area contributed by atoms with Crippen LogP contribution >= 0.6 is 0 Å². The summed E-state index contributed by atoms with van der Waals surface area (Å²) < 4.78 is 0. The first-order chi connectivity index (χ1) is 6.12. The smallest absolute Gasteiger partial charge is 0.167 e. The van der Waals surface area contributed by atoms with Gasteiger partial charge in [0.1, 0.15) is 6.33 Å². The molecule has 1 atom stereocenters. The minimum Gasteiger partial charge on any atom is -0.372 e. The lowest BCUT2D eigenvalue weighted by Crippen LogP contribution is -2.23. The van der Waals surface area contributed by atoms with E-state index in [-0.39, 0.29) is 0 Å². The fourth-order valence-corrected chi connectivity index (χ4v) is 1.04. The van der Waals surface area contributed by atoms with Crippen LogP contribution in [0.15, 0.2) is 12.4 Å². The van der Waals surface area contributed by atoms with E-state index in [1.165, 1.54) is 6.33 Å². The highest BCUT2D eigenvalue weighted by molar-refractivity contribution is 5.24. The van der Waals surface area contributed by atoms with Crippen LogP contribution in [0.1, 0.15) is 24.7 Å². The summed E-state index contributed by atoms with van der Waals surface area (Å²) >= 11 is 0. The lowest BCUT2D eigenvalue weighted by molar-refractivity contribution is 0.0912. The third-order valence-corrected chi connectivity index (χ3v) is 1.98. The molecule has 1 unspecified atom stereocenters. The molecule has 1 aromatic heterocycles. The van der Waals surface area contributed by atoms with Crippen molar-refractivity contribution in [3.05, 3.63) is 23.8 Å². The Hall–Kier alpha value is -1.40. The molecule has 0 saturated heterocycles. The summed E-state index contributed by atoms with van der Waals surface area (Å²) in [6, 6.07) is 1.70. The zero-order chi connectivity index (χ0) is 9.90. The van der Waals surface area contributed by atoms with Crippen LogP contribution in [0.4, 0.5) is 0 Å². The maximum atomic E-state index is 9.90. The topological polar surface area (TPSA) is 46.0 Å². The summed E-state index contributed by atoms with van der Waals surface area (Å²) in [6.07, 6.45) is 7.09. The lowest BCUT2D eigenvalue weighted by atomic mass is 9.97. The standard InChI is InChI=1S/C10H12N2O/c1-4-10(13,5-2)9-6-8(3)11-7-12-9/h1,6-7,13H,5H2,2-3H3. The Balaban J connectivity index is 3.14. The Morgan fingerprint density at radius 3 is 2.77 bits per heavy atom. The summed E-state index contributed by atoms with van der Waals surface area (Å²) in [5.41, 5.74) is 0.0328. The molecule has 1 aromatic rings. The summed E-state index contributed by atoms with van der Waals surface area (Å²) in [5.74, 6) is 2.34. The molecular weight excluding hydrogens is 164 g/mol. The highest BCUT2D eigenvalue weighted by Crippen LogP contribution is 2.21. The quantitative estimate of drug-likeness (QED) is 0.684. The molecular formula is C10H12N2O. The monoisotopic (exact) mass is 176 g/mol. The van der Waals surface area contributed by atoms with Gasteiger partial charge in [-0.2, -0.15) is 0 Å². The molecule has 0 aromatic carbocycles. The zero-order valence-corrected chi connectivity index (χ0v) is 7.78. The average Bonchev–Trinajstić information content (AvgIpc) is 2.17. The maximum Gasteiger partial charge on any atom is 0.167 e. The van der Waals surface area contributed by atoms with Gasteiger partial charge in [-0.15, -0.1) is 6.42 Å². The maximum absolute atomic E-state index is 9.90. The third kappa shape index (κ3) is 1.85. The van der Waals surface area contributed by atoms with E-state index in [9.17, 15) is 5.11 Å². The molecule has 1 N–H and O–H groups in total. The van der Waals surface area contributed by atoms with E-state index in [2.05, 4.69) is 15.9 Å². The highest BCUT2D eigenvalue weighted by Gasteiger charge is 2.25. The summed E-state index contributed by atoms with van der Waals surface area (Å²) in [7, 11) is 0. The van der Waals surface area contributed by atoms with Gasteiger partial charge in [-0.05, 0) is 19.4 Å². The first kappa shape index (κ1) is 9.69. The Morgan fingerprint density at radius 1 is 1.62 bits per heavy atom. The van der Waals surface area contributed by atoms with Crippen LogP contribution in [-0.2, 0) is 5.60 Å². The third-order valence-electron chi connectivity index (χ3n) is 1.98. The van der Waals surface area contributed by atoms with Gasteiger partial charge in [-0.25, -0.2) is 9.97 Å². The van der Waals surface area contributed by atoms with Gasteiger partial charge in [-0.3, -0.25) is 0 Å². The molecule has 0 fully saturated rings. The second kappa shape index (κ2) is 3.55. The molecule has 0 amide bonds. The van der Waals surface area contributed by atoms with Crippen molar-refractivity contribution in [2.75, 3.05) is 0 Å². The molecule has 0 bridgehead atoms. The van der Waals surface area contributed by atoms with E-state index in [1.807, 2.05) is 13.8 Å². The van der Waals surface area contributed by atoms with Gasteiger partial charge < -0.3 is 5.11 Å². The number of aliphatic hydroxyl groups is 1. The van der Waals surface area contributed by atoms with Crippen LogP contribution < -0.4 is 0 Å². The summed E-state index contributed by atoms with van der Waals surface area (Å²) in [6.45, 7) is 3.65. The van der Waals surface area contributed by atoms with Gasteiger partial charge in [-0.1, -0.05) is 12.8 Å². The van der Waals surface area contributed by atoms with Crippen LogP contribution in [0.2, 0.25) is 0 Å². The summed E-state index contributed by atoms with van der Waals surface area (Å²) in [4.78, 5) is 7.88. The van der Waals surface area contributed by atoms with E-state index < -0.39 is 5.60 Å². The van der Waals surface area contributed by atoms with Crippen LogP contribution in [0.25, 0.3) is 0 Å². The first-order valence-electron chi connectivity index (χ1n) is 4.11. The number of nitrogens with zero attached hydrogens (tertiary/aromatic N) is 2. The molecule has 0 aliphatic heterocycles. The van der Waals surface area contributed by atoms with Crippen LogP contribution in [0.5, 0.6) is 0 Å². The van der Waals surface area contributed by atoms with Crippen LogP contribution in [0.3, 0.4) is 0 Å². The molecule has 0 saturated carbocycles. The number of terminal acetylenes is 1. The van der Waals surface area contributed by atoms with Crippen molar-refractivity contribution in [2.24, 2.45) is 0 Å². The SMILES string of the molecule is C#CC(O)(CC)c1cc(C)ncn1. The minimum atomic E-state index is -1.26. The molecule has 13 heavy (non-hydrogen) atoms. The second-order valence-corrected chi connectivity index (χ2v) is 2.90. The molecule has 1 heterocycles. The molecule has 68 valence electrons. The predicted octanol–water partition coefficient (Wildman–Crippen LogP) is 1.02. The molecule has 0 radical (unpaired) electrons. The number of rotatable bonds is 2. The minimum absolute atomic E-state index is 0.444. The molecule has 0 aliphatic rings. The molecule has 3 heteroatoms. The van der Waals surface area contributed by atoms with Gasteiger partial charge in [0, 0.05) is 5.69 Å². The van der Waals surface area contributed by atoms with Gasteiger partial charge in [0.25, 0.3) is 0 Å². The molecule has 1 rings (SSSR count). The van der Waals surface area contributed by atoms with Crippen molar-refractivity contribution < 1.29 is 5.11 Å². The zero-order valence-electron chi connectivity index (χ0n) is 7.78. The van der Waals surface area contributed by atoms with Crippen molar-refractivity contribution >= 4 is 0 Å². The predicted molar refractivity (Wildman–Crippen MR) is 49.8 cm³/mol. The second-order valence-electron chi connectivity index (χ2n) is 2.90. The van der Waals surface area contributed by atoms with E-state index in [0.29, 0.717) is 12.1 Å². The van der Waals surface area contributed by atoms with E-state index in [0.717, 1.165) is 5.69 Å². The molecule has 0 aliphatic carbocycles. The number of aromatic nitrogens is 2. The Bertz CT molecular complexity index is 343. The van der Waals surface area contributed by atoms with Gasteiger partial charge in [0.15, 0.2) is 5.60 Å². The van der Waals surface area contributed by atoms with E-state index in [1.54, 1.807) is 6.07 Å². The van der Waals surface area contributed by atoms with Gasteiger partial charge in [0.2, 0.25) is 0 Å². The fraction of sp³-hybridized carbons (Fsp3) is 0.400. The van der Waals surface area contributed by atoms with E-state index in [4.69, 9.17) is 6.42 Å². The van der Waals surface area contributed by atoms with Crippen LogP contribution in [0, 0.1) is 19.3 Å². The van der Waals surface area contributed by atoms with E-state index >= 15 is 0 Å². The van der Waals surface area contributed by atoms with Crippen molar-refractivity contribution in [1.29, 1.82) is 0 Å².